The number of nitrogens with zero attached hydrogens (tertiary/aromatic N) is 1. The number of amides is 1. The molecular formula is C10H20N2O3. The van der Waals surface area contributed by atoms with Crippen LogP contribution in [-0.2, 0) is 4.79 Å². The van der Waals surface area contributed by atoms with Crippen LogP contribution in [0.2, 0.25) is 0 Å². The van der Waals surface area contributed by atoms with Crippen molar-refractivity contribution in [1.29, 1.82) is 0 Å². The Labute approximate surface area is 90.1 Å². The van der Waals surface area contributed by atoms with Gasteiger partial charge in [-0.1, -0.05) is 0 Å². The minimum absolute atomic E-state index is 0.211. The first kappa shape index (κ1) is 12.4. The van der Waals surface area contributed by atoms with E-state index in [0.717, 1.165) is 32.5 Å². The fraction of sp³-hybridized carbons (Fsp3) is 0.900. The van der Waals surface area contributed by atoms with Crippen molar-refractivity contribution in [3.63, 3.8) is 0 Å². The highest BCUT2D eigenvalue weighted by Gasteiger charge is 2.18. The van der Waals surface area contributed by atoms with Crippen LogP contribution >= 0.6 is 0 Å². The van der Waals surface area contributed by atoms with E-state index in [9.17, 15) is 4.79 Å². The van der Waals surface area contributed by atoms with Crippen LogP contribution in [0.1, 0.15) is 19.3 Å². The molecule has 5 heteroatoms. The number of rotatable bonds is 7. The molecule has 0 bridgehead atoms. The molecule has 3 N–H and O–H groups in total. The van der Waals surface area contributed by atoms with E-state index in [1.165, 1.54) is 0 Å². The Balaban J connectivity index is 1.95. The van der Waals surface area contributed by atoms with Gasteiger partial charge in [0.2, 0.25) is 5.91 Å². The van der Waals surface area contributed by atoms with Gasteiger partial charge in [-0.25, -0.2) is 0 Å². The van der Waals surface area contributed by atoms with Gasteiger partial charge in [-0.05, 0) is 19.4 Å². The highest BCUT2D eigenvalue weighted by Crippen LogP contribution is 2.09. The molecule has 1 heterocycles. The van der Waals surface area contributed by atoms with Crippen LogP contribution in [0.15, 0.2) is 0 Å². The SMILES string of the molecule is O=C1CCCN1CCCNCC(O)CO. The molecule has 0 aliphatic carbocycles. The van der Waals surface area contributed by atoms with E-state index in [1.807, 2.05) is 4.90 Å². The standard InChI is InChI=1S/C10H20N2O3/c13-8-9(14)7-11-4-2-6-12-5-1-3-10(12)15/h9,11,13-14H,1-8H2. The fourth-order valence-electron chi connectivity index (χ4n) is 1.67. The lowest BCUT2D eigenvalue weighted by Crippen LogP contribution is -2.32. The maximum absolute atomic E-state index is 11.2. The molecular weight excluding hydrogens is 196 g/mol. The average Bonchev–Trinajstić information content (AvgIpc) is 2.63. The summed E-state index contributed by atoms with van der Waals surface area (Å²) in [6, 6.07) is 0. The van der Waals surface area contributed by atoms with E-state index in [2.05, 4.69) is 5.32 Å². The monoisotopic (exact) mass is 216 g/mol. The van der Waals surface area contributed by atoms with Crippen LogP contribution in [0.5, 0.6) is 0 Å². The number of carbonyl (C=O) groups excluding carboxylic acids is 1. The second-order valence-electron chi connectivity index (χ2n) is 3.88. The third-order valence-corrected chi connectivity index (χ3v) is 2.54. The largest absolute Gasteiger partial charge is 0.394 e. The molecule has 0 radical (unpaired) electrons. The molecule has 5 nitrogen and oxygen atoms in total. The molecule has 1 aliphatic heterocycles. The van der Waals surface area contributed by atoms with E-state index < -0.39 is 6.10 Å². The van der Waals surface area contributed by atoms with Crippen molar-refractivity contribution < 1.29 is 15.0 Å². The average molecular weight is 216 g/mol. The second kappa shape index (κ2) is 6.76. The Hall–Kier alpha value is -0.650. The third kappa shape index (κ3) is 4.59. The normalized spacial score (nSPS) is 18.5. The molecule has 1 fully saturated rings. The van der Waals surface area contributed by atoms with Crippen molar-refractivity contribution in [2.75, 3.05) is 32.8 Å². The summed E-state index contributed by atoms with van der Waals surface area (Å²) in [5, 5.41) is 20.6. The molecule has 1 rings (SSSR count). The summed E-state index contributed by atoms with van der Waals surface area (Å²) < 4.78 is 0. The fourth-order valence-corrected chi connectivity index (χ4v) is 1.67. The van der Waals surface area contributed by atoms with Crippen LogP contribution in [-0.4, -0.2) is 59.9 Å². The van der Waals surface area contributed by atoms with Crippen LogP contribution in [0.4, 0.5) is 0 Å². The molecule has 15 heavy (non-hydrogen) atoms. The first-order valence-electron chi connectivity index (χ1n) is 5.51. The summed E-state index contributed by atoms with van der Waals surface area (Å²) in [4.78, 5) is 13.1. The molecule has 1 atom stereocenters. The van der Waals surface area contributed by atoms with Crippen LogP contribution in [0.25, 0.3) is 0 Å². The summed E-state index contributed by atoms with van der Waals surface area (Å²) in [5.74, 6) is 0.255. The summed E-state index contributed by atoms with van der Waals surface area (Å²) >= 11 is 0. The Kier molecular flexibility index (Phi) is 5.60. The minimum atomic E-state index is -0.682. The zero-order valence-electron chi connectivity index (χ0n) is 8.98. The third-order valence-electron chi connectivity index (χ3n) is 2.54. The molecule has 1 saturated heterocycles. The van der Waals surface area contributed by atoms with Crippen LogP contribution < -0.4 is 5.32 Å². The summed E-state index contributed by atoms with van der Waals surface area (Å²) in [7, 11) is 0. The highest BCUT2D eigenvalue weighted by atomic mass is 16.3. The molecule has 0 aromatic rings. The second-order valence-corrected chi connectivity index (χ2v) is 3.88. The molecule has 0 aromatic heterocycles. The minimum Gasteiger partial charge on any atom is -0.394 e. The zero-order chi connectivity index (χ0) is 11.1. The predicted molar refractivity (Wildman–Crippen MR) is 56.4 cm³/mol. The van der Waals surface area contributed by atoms with Crippen molar-refractivity contribution in [2.24, 2.45) is 0 Å². The van der Waals surface area contributed by atoms with E-state index in [-0.39, 0.29) is 12.5 Å². The number of likely N-dealkylation sites (tertiary alicyclic amines) is 1. The maximum atomic E-state index is 11.2. The first-order chi connectivity index (χ1) is 7.24. The van der Waals surface area contributed by atoms with Crippen LogP contribution in [0, 0.1) is 0 Å². The molecule has 0 spiro atoms. The molecule has 1 aliphatic rings. The zero-order valence-corrected chi connectivity index (χ0v) is 8.98. The van der Waals surface area contributed by atoms with Crippen molar-refractivity contribution in [1.82, 2.24) is 10.2 Å². The van der Waals surface area contributed by atoms with Gasteiger partial charge in [0.25, 0.3) is 0 Å². The highest BCUT2D eigenvalue weighted by molar-refractivity contribution is 5.77. The number of hydrogen-bond donors (Lipinski definition) is 3. The topological polar surface area (TPSA) is 72.8 Å². The van der Waals surface area contributed by atoms with Gasteiger partial charge in [-0.15, -0.1) is 0 Å². The summed E-state index contributed by atoms with van der Waals surface area (Å²) in [5.41, 5.74) is 0. The lowest BCUT2D eigenvalue weighted by Gasteiger charge is -2.15. The van der Waals surface area contributed by atoms with Crippen molar-refractivity contribution in [3.8, 4) is 0 Å². The van der Waals surface area contributed by atoms with E-state index in [0.29, 0.717) is 13.0 Å². The molecule has 0 saturated carbocycles. The Morgan fingerprint density at radius 3 is 2.93 bits per heavy atom. The van der Waals surface area contributed by atoms with Gasteiger partial charge in [0.1, 0.15) is 0 Å². The Morgan fingerprint density at radius 1 is 1.53 bits per heavy atom. The quantitative estimate of drug-likeness (QED) is 0.474. The van der Waals surface area contributed by atoms with Crippen molar-refractivity contribution in [3.05, 3.63) is 0 Å². The Morgan fingerprint density at radius 2 is 2.33 bits per heavy atom. The number of hydrogen-bond acceptors (Lipinski definition) is 4. The van der Waals surface area contributed by atoms with Crippen molar-refractivity contribution >= 4 is 5.91 Å². The first-order valence-corrected chi connectivity index (χ1v) is 5.51. The van der Waals surface area contributed by atoms with E-state index >= 15 is 0 Å². The van der Waals surface area contributed by atoms with Crippen molar-refractivity contribution in [2.45, 2.75) is 25.4 Å². The van der Waals surface area contributed by atoms with Gasteiger partial charge < -0.3 is 20.4 Å². The molecule has 88 valence electrons. The van der Waals surface area contributed by atoms with Gasteiger partial charge in [0, 0.05) is 26.1 Å². The summed E-state index contributed by atoms with van der Waals surface area (Å²) in [6.45, 7) is 2.64. The number of carbonyl (C=O) groups is 1. The van der Waals surface area contributed by atoms with Gasteiger partial charge in [-0.2, -0.15) is 0 Å². The molecule has 0 aromatic carbocycles. The molecule has 1 unspecified atom stereocenters. The Bertz CT molecular complexity index is 199. The number of aliphatic hydroxyl groups excluding tert-OH is 2. The van der Waals surface area contributed by atoms with Gasteiger partial charge in [-0.3, -0.25) is 4.79 Å². The molecule has 1 amide bonds. The number of aliphatic hydroxyl groups is 2. The van der Waals surface area contributed by atoms with E-state index in [4.69, 9.17) is 10.2 Å². The van der Waals surface area contributed by atoms with Gasteiger partial charge in [0.15, 0.2) is 0 Å². The van der Waals surface area contributed by atoms with Crippen LogP contribution in [0.3, 0.4) is 0 Å². The predicted octanol–water partition coefficient (Wildman–Crippen LogP) is -1.06. The smallest absolute Gasteiger partial charge is 0.222 e. The lowest BCUT2D eigenvalue weighted by atomic mass is 10.3. The lowest BCUT2D eigenvalue weighted by molar-refractivity contribution is -0.127. The summed E-state index contributed by atoms with van der Waals surface area (Å²) in [6.07, 6.45) is 1.88. The maximum Gasteiger partial charge on any atom is 0.222 e. The van der Waals surface area contributed by atoms with Gasteiger partial charge in [0.05, 0.1) is 12.7 Å². The van der Waals surface area contributed by atoms with Gasteiger partial charge >= 0.3 is 0 Å². The van der Waals surface area contributed by atoms with E-state index in [1.54, 1.807) is 0 Å². The number of nitrogens with one attached hydrogen (secondary N) is 1.